The van der Waals surface area contributed by atoms with Gasteiger partial charge in [0.1, 0.15) is 11.3 Å². The molecule has 8 nitrogen and oxygen atoms in total. The number of fused-ring (bicyclic) bond motifs is 1. The topological polar surface area (TPSA) is 83.8 Å². The molecule has 3 heterocycles. The fraction of sp³-hybridized carbons (Fsp3) is 0.375. The lowest BCUT2D eigenvalue weighted by molar-refractivity contribution is 0.0238. The van der Waals surface area contributed by atoms with Crippen LogP contribution < -0.4 is 4.90 Å². The van der Waals surface area contributed by atoms with Gasteiger partial charge in [-0.25, -0.2) is 4.79 Å². The highest BCUT2D eigenvalue weighted by Gasteiger charge is 2.31. The Morgan fingerprint density at radius 2 is 1.97 bits per heavy atom. The molecule has 1 amide bonds. The molecule has 2 aromatic heterocycles. The van der Waals surface area contributed by atoms with Crippen molar-refractivity contribution < 1.29 is 9.53 Å². The highest BCUT2D eigenvalue weighted by Crippen LogP contribution is 2.31. The summed E-state index contributed by atoms with van der Waals surface area (Å²) in [7, 11) is 1.80. The maximum atomic E-state index is 12.5. The van der Waals surface area contributed by atoms with Crippen LogP contribution in [0.1, 0.15) is 32.8 Å². The van der Waals surface area contributed by atoms with Crippen molar-refractivity contribution in [1.82, 2.24) is 19.9 Å². The van der Waals surface area contributed by atoms with Crippen LogP contribution in [0.4, 0.5) is 16.2 Å². The van der Waals surface area contributed by atoms with Crippen LogP contribution in [-0.2, 0) is 4.74 Å². The third kappa shape index (κ3) is 5.01. The van der Waals surface area contributed by atoms with Crippen LogP contribution in [0.15, 0.2) is 54.0 Å². The van der Waals surface area contributed by atoms with E-state index in [4.69, 9.17) is 9.73 Å². The second kappa shape index (κ2) is 8.90. The number of hydrogen-bond acceptors (Lipinski definition) is 7. The van der Waals surface area contributed by atoms with Crippen molar-refractivity contribution in [3.8, 4) is 0 Å². The summed E-state index contributed by atoms with van der Waals surface area (Å²) in [5.41, 5.74) is 3.89. The molecule has 1 saturated heterocycles. The Labute approximate surface area is 188 Å². The van der Waals surface area contributed by atoms with Crippen molar-refractivity contribution in [2.24, 2.45) is 4.99 Å². The Morgan fingerprint density at radius 1 is 1.19 bits per heavy atom. The molecule has 166 valence electrons. The van der Waals surface area contributed by atoms with E-state index in [1.807, 2.05) is 51.3 Å². The van der Waals surface area contributed by atoms with E-state index in [1.165, 1.54) is 0 Å². The van der Waals surface area contributed by atoms with Crippen LogP contribution in [0.3, 0.4) is 0 Å². The molecule has 0 spiro atoms. The summed E-state index contributed by atoms with van der Waals surface area (Å²) in [4.78, 5) is 34.0. The van der Waals surface area contributed by atoms with E-state index < -0.39 is 5.60 Å². The zero-order valence-electron chi connectivity index (χ0n) is 18.9. The molecule has 3 aromatic rings. The number of nitrogens with zero attached hydrogens (tertiary/aromatic N) is 6. The maximum absolute atomic E-state index is 12.5. The molecule has 0 bridgehead atoms. The zero-order chi connectivity index (χ0) is 22.7. The molecule has 0 radical (unpaired) electrons. The average molecular weight is 433 g/mol. The number of aliphatic imine (C=N–C) groups is 1. The van der Waals surface area contributed by atoms with E-state index in [1.54, 1.807) is 36.7 Å². The van der Waals surface area contributed by atoms with Crippen molar-refractivity contribution in [2.75, 3.05) is 25.0 Å². The lowest BCUT2D eigenvalue weighted by Crippen LogP contribution is -2.42. The van der Waals surface area contributed by atoms with Crippen molar-refractivity contribution in [3.63, 3.8) is 0 Å². The SMILES string of the molecule is CN(C(=O)OC(C)(C)C)[C@@H]1CCN(c2ccncc2N=Cc2ccc3nccnc3c2)C1. The molecule has 1 fully saturated rings. The summed E-state index contributed by atoms with van der Waals surface area (Å²) in [6.07, 6.45) is 9.28. The third-order valence-electron chi connectivity index (χ3n) is 5.36. The summed E-state index contributed by atoms with van der Waals surface area (Å²) in [5.74, 6) is 0. The molecule has 0 unspecified atom stereocenters. The fourth-order valence-corrected chi connectivity index (χ4v) is 3.71. The van der Waals surface area contributed by atoms with Gasteiger partial charge in [-0.1, -0.05) is 6.07 Å². The van der Waals surface area contributed by atoms with Crippen molar-refractivity contribution >= 4 is 34.7 Å². The van der Waals surface area contributed by atoms with Gasteiger partial charge in [-0.2, -0.15) is 0 Å². The first-order valence-electron chi connectivity index (χ1n) is 10.7. The number of amides is 1. The number of pyridine rings is 1. The van der Waals surface area contributed by atoms with E-state index in [0.717, 1.165) is 40.9 Å². The van der Waals surface area contributed by atoms with Gasteiger partial charge in [0.15, 0.2) is 0 Å². The van der Waals surface area contributed by atoms with Gasteiger partial charge in [-0.15, -0.1) is 0 Å². The fourth-order valence-electron chi connectivity index (χ4n) is 3.71. The number of likely N-dealkylation sites (N-methyl/N-ethyl adjacent to an activating group) is 1. The van der Waals surface area contributed by atoms with E-state index in [0.29, 0.717) is 6.54 Å². The van der Waals surface area contributed by atoms with Gasteiger partial charge in [-0.05, 0) is 51.0 Å². The Balaban J connectivity index is 1.48. The van der Waals surface area contributed by atoms with Crippen LogP contribution in [0.5, 0.6) is 0 Å². The van der Waals surface area contributed by atoms with Crippen molar-refractivity contribution in [2.45, 2.75) is 38.8 Å². The first-order valence-corrected chi connectivity index (χ1v) is 10.7. The Bertz CT molecular complexity index is 1140. The number of aromatic nitrogens is 3. The Morgan fingerprint density at radius 3 is 2.75 bits per heavy atom. The first kappa shape index (κ1) is 21.7. The second-order valence-corrected chi connectivity index (χ2v) is 8.91. The number of carbonyl (C=O) groups excluding carboxylic acids is 1. The van der Waals surface area contributed by atoms with Gasteiger partial charge in [-0.3, -0.25) is 19.9 Å². The van der Waals surface area contributed by atoms with Crippen LogP contribution in [0.25, 0.3) is 11.0 Å². The Hall–Kier alpha value is -3.55. The van der Waals surface area contributed by atoms with Gasteiger partial charge < -0.3 is 14.5 Å². The molecule has 0 saturated carbocycles. The molecule has 4 rings (SSSR count). The summed E-state index contributed by atoms with van der Waals surface area (Å²) in [6, 6.07) is 7.91. The smallest absolute Gasteiger partial charge is 0.410 e. The van der Waals surface area contributed by atoms with Crippen LogP contribution >= 0.6 is 0 Å². The first-order chi connectivity index (χ1) is 15.3. The monoisotopic (exact) mass is 432 g/mol. The minimum Gasteiger partial charge on any atom is -0.444 e. The second-order valence-electron chi connectivity index (χ2n) is 8.91. The number of ether oxygens (including phenoxy) is 1. The van der Waals surface area contributed by atoms with Crippen LogP contribution in [0, 0.1) is 0 Å². The predicted molar refractivity (Wildman–Crippen MR) is 126 cm³/mol. The molecular formula is C24H28N6O2. The minimum atomic E-state index is -0.509. The van der Waals surface area contributed by atoms with E-state index >= 15 is 0 Å². The average Bonchev–Trinajstić information content (AvgIpc) is 3.26. The van der Waals surface area contributed by atoms with Gasteiger partial charge >= 0.3 is 6.09 Å². The zero-order valence-corrected chi connectivity index (χ0v) is 18.9. The number of hydrogen-bond donors (Lipinski definition) is 0. The van der Waals surface area contributed by atoms with E-state index in [-0.39, 0.29) is 12.1 Å². The normalized spacial score (nSPS) is 16.6. The van der Waals surface area contributed by atoms with Crippen LogP contribution in [-0.4, -0.2) is 63.9 Å². The lowest BCUT2D eigenvalue weighted by atomic mass is 10.2. The summed E-state index contributed by atoms with van der Waals surface area (Å²) in [5, 5.41) is 0. The number of carbonyl (C=O) groups is 1. The molecule has 0 aliphatic carbocycles. The van der Waals surface area contributed by atoms with Gasteiger partial charge in [0.2, 0.25) is 0 Å². The predicted octanol–water partition coefficient (Wildman–Crippen LogP) is 4.22. The van der Waals surface area contributed by atoms with Crippen molar-refractivity contribution in [3.05, 3.63) is 54.6 Å². The summed E-state index contributed by atoms with van der Waals surface area (Å²) < 4.78 is 5.52. The third-order valence-corrected chi connectivity index (χ3v) is 5.36. The molecular weight excluding hydrogens is 404 g/mol. The molecule has 1 atom stereocenters. The number of anilines is 1. The number of rotatable bonds is 4. The summed E-state index contributed by atoms with van der Waals surface area (Å²) in [6.45, 7) is 7.18. The van der Waals surface area contributed by atoms with Crippen LogP contribution in [0.2, 0.25) is 0 Å². The van der Waals surface area contributed by atoms with Gasteiger partial charge in [0.05, 0.1) is 29.0 Å². The summed E-state index contributed by atoms with van der Waals surface area (Å²) >= 11 is 0. The lowest BCUT2D eigenvalue weighted by Gasteiger charge is -2.29. The van der Waals surface area contributed by atoms with E-state index in [9.17, 15) is 4.79 Å². The maximum Gasteiger partial charge on any atom is 0.410 e. The largest absolute Gasteiger partial charge is 0.444 e. The highest BCUT2D eigenvalue weighted by atomic mass is 16.6. The molecule has 32 heavy (non-hydrogen) atoms. The van der Waals surface area contributed by atoms with Gasteiger partial charge in [0.25, 0.3) is 0 Å². The molecule has 8 heteroatoms. The molecule has 1 aliphatic heterocycles. The molecule has 1 aromatic carbocycles. The Kier molecular flexibility index (Phi) is 6.03. The standard InChI is InChI=1S/C24H28N6O2/c1-24(2,3)32-23(31)29(4)18-8-12-30(16-18)22-7-9-25-15-21(22)28-14-17-5-6-19-20(13-17)27-11-10-26-19/h5-7,9-11,13-15,18H,8,12,16H2,1-4H3/t18-/m1/s1. The number of benzene rings is 1. The molecule has 0 N–H and O–H groups in total. The highest BCUT2D eigenvalue weighted by molar-refractivity contribution is 5.89. The molecule has 1 aliphatic rings. The minimum absolute atomic E-state index is 0.0777. The quantitative estimate of drug-likeness (QED) is 0.574. The van der Waals surface area contributed by atoms with Crippen molar-refractivity contribution in [1.29, 1.82) is 0 Å². The van der Waals surface area contributed by atoms with E-state index in [2.05, 4.69) is 19.9 Å². The van der Waals surface area contributed by atoms with Gasteiger partial charge in [0, 0.05) is 44.9 Å².